The molecule has 1 atom stereocenters. The van der Waals surface area contributed by atoms with Crippen molar-refractivity contribution in [2.45, 2.75) is 13.0 Å². The molecule has 0 spiro atoms. The number of methoxy groups -OCH3 is 1. The molecular formula is C28H22ClN3O7S. The average Bonchev–Trinajstić information content (AvgIpc) is 3.52. The second kappa shape index (κ2) is 11.4. The number of hydrogen-bond donors (Lipinski definition) is 0. The molecule has 10 nitrogen and oxygen atoms in total. The number of ether oxygens (including phenoxy) is 2. The van der Waals surface area contributed by atoms with Gasteiger partial charge in [-0.3, -0.25) is 19.5 Å². The van der Waals surface area contributed by atoms with Crippen molar-refractivity contribution in [3.05, 3.63) is 118 Å². The van der Waals surface area contributed by atoms with Crippen molar-refractivity contribution in [1.29, 1.82) is 0 Å². The van der Waals surface area contributed by atoms with E-state index in [1.165, 1.54) is 17.7 Å². The van der Waals surface area contributed by atoms with E-state index in [-0.39, 0.29) is 30.2 Å². The lowest BCUT2D eigenvalue weighted by molar-refractivity contribution is -0.384. The highest BCUT2D eigenvalue weighted by atomic mass is 35.5. The molecule has 1 unspecified atom stereocenters. The van der Waals surface area contributed by atoms with Crippen molar-refractivity contribution < 1.29 is 23.6 Å². The first kappa shape index (κ1) is 27.3. The third kappa shape index (κ3) is 5.14. The molecule has 40 heavy (non-hydrogen) atoms. The van der Waals surface area contributed by atoms with Crippen molar-refractivity contribution in [1.82, 2.24) is 4.57 Å². The molecule has 0 bridgehead atoms. The SMILES string of the molecule is COCCOC(=O)C1=C(C)N=c2s/c(=C\c3ccc(-c4ccccc4[N+](=O)[O-])o3)c(=O)n2C1c1ccccc1Cl. The summed E-state index contributed by atoms with van der Waals surface area (Å²) in [6, 6.07) is 15.6. The summed E-state index contributed by atoms with van der Waals surface area (Å²) in [6.07, 6.45) is 1.54. The van der Waals surface area contributed by atoms with Gasteiger partial charge < -0.3 is 13.9 Å². The zero-order chi connectivity index (χ0) is 28.4. The Bertz CT molecular complexity index is 1840. The number of fused-ring (bicyclic) bond motifs is 1. The van der Waals surface area contributed by atoms with Gasteiger partial charge in [0.2, 0.25) is 0 Å². The minimum absolute atomic E-state index is 0.0339. The maximum atomic E-state index is 13.8. The smallest absolute Gasteiger partial charge is 0.338 e. The summed E-state index contributed by atoms with van der Waals surface area (Å²) in [6.45, 7) is 1.93. The van der Waals surface area contributed by atoms with Gasteiger partial charge in [-0.25, -0.2) is 9.79 Å². The second-order valence-electron chi connectivity index (χ2n) is 8.71. The number of halogens is 1. The number of nitro benzene ring substituents is 1. The van der Waals surface area contributed by atoms with E-state index in [0.717, 1.165) is 11.3 Å². The van der Waals surface area contributed by atoms with E-state index in [2.05, 4.69) is 4.99 Å². The molecule has 0 N–H and O–H groups in total. The van der Waals surface area contributed by atoms with E-state index in [0.29, 0.717) is 36.9 Å². The predicted molar refractivity (Wildman–Crippen MR) is 149 cm³/mol. The molecule has 0 saturated heterocycles. The second-order valence-corrected chi connectivity index (χ2v) is 10.1. The summed E-state index contributed by atoms with van der Waals surface area (Å²) in [5.41, 5.74) is 0.951. The molecule has 204 valence electrons. The number of carbonyl (C=O) groups is 1. The van der Waals surface area contributed by atoms with Crippen LogP contribution in [0.1, 0.15) is 24.3 Å². The highest BCUT2D eigenvalue weighted by Crippen LogP contribution is 2.35. The standard InChI is InChI=1S/C28H22ClN3O7S/c1-16-24(27(34)38-14-13-37-2)25(18-7-3-5-9-20(18)29)31-26(33)23(40-28(31)30-16)15-17-11-12-22(39-17)19-8-4-6-10-21(19)32(35)36/h3-12,15,25H,13-14H2,1-2H3/b23-15-. The first-order chi connectivity index (χ1) is 19.3. The van der Waals surface area contributed by atoms with Gasteiger partial charge in [0.1, 0.15) is 24.2 Å². The maximum Gasteiger partial charge on any atom is 0.338 e. The van der Waals surface area contributed by atoms with Gasteiger partial charge in [0.15, 0.2) is 4.80 Å². The largest absolute Gasteiger partial charge is 0.460 e. The number of esters is 1. The highest BCUT2D eigenvalue weighted by molar-refractivity contribution is 7.07. The summed E-state index contributed by atoms with van der Waals surface area (Å²) in [5, 5.41) is 11.8. The van der Waals surface area contributed by atoms with E-state index >= 15 is 0 Å². The van der Waals surface area contributed by atoms with Crippen LogP contribution in [0.3, 0.4) is 0 Å². The Morgan fingerprint density at radius 3 is 2.67 bits per heavy atom. The normalized spacial score (nSPS) is 15.1. The Kier molecular flexibility index (Phi) is 7.78. The van der Waals surface area contributed by atoms with Crippen molar-refractivity contribution in [3.63, 3.8) is 0 Å². The summed E-state index contributed by atoms with van der Waals surface area (Å²) < 4.78 is 18.0. The zero-order valence-corrected chi connectivity index (χ0v) is 22.9. The first-order valence-electron chi connectivity index (χ1n) is 12.1. The molecular weight excluding hydrogens is 558 g/mol. The minimum Gasteiger partial charge on any atom is -0.460 e. The number of carbonyl (C=O) groups excluding carboxylic acids is 1. The Hall–Kier alpha value is -4.32. The minimum atomic E-state index is -0.874. The van der Waals surface area contributed by atoms with Gasteiger partial charge in [0.25, 0.3) is 11.2 Å². The zero-order valence-electron chi connectivity index (χ0n) is 21.3. The fraction of sp³-hybridized carbons (Fsp3) is 0.179. The van der Waals surface area contributed by atoms with Gasteiger partial charge >= 0.3 is 5.97 Å². The number of aromatic nitrogens is 1. The topological polar surface area (TPSA) is 126 Å². The highest BCUT2D eigenvalue weighted by Gasteiger charge is 2.34. The maximum absolute atomic E-state index is 13.8. The Morgan fingerprint density at radius 1 is 1.18 bits per heavy atom. The van der Waals surface area contributed by atoms with Crippen LogP contribution in [0.15, 0.2) is 86.1 Å². The molecule has 1 aliphatic heterocycles. The third-order valence-corrected chi connectivity index (χ3v) is 7.56. The fourth-order valence-electron chi connectivity index (χ4n) is 4.41. The van der Waals surface area contributed by atoms with Gasteiger partial charge in [-0.05, 0) is 36.8 Å². The average molecular weight is 580 g/mol. The van der Waals surface area contributed by atoms with Crippen LogP contribution < -0.4 is 14.9 Å². The van der Waals surface area contributed by atoms with Crippen LogP contribution in [0.4, 0.5) is 5.69 Å². The Balaban J connectivity index is 1.62. The monoisotopic (exact) mass is 579 g/mol. The molecule has 2 aromatic carbocycles. The lowest BCUT2D eigenvalue weighted by Crippen LogP contribution is -2.40. The lowest BCUT2D eigenvalue weighted by Gasteiger charge is -2.25. The van der Waals surface area contributed by atoms with Gasteiger partial charge in [0.05, 0.1) is 32.9 Å². The molecule has 12 heteroatoms. The third-order valence-electron chi connectivity index (χ3n) is 6.23. The molecule has 0 saturated carbocycles. The number of para-hydroxylation sites is 1. The number of nitro groups is 1. The van der Waals surface area contributed by atoms with Crippen molar-refractivity contribution in [3.8, 4) is 11.3 Å². The molecule has 2 aromatic heterocycles. The number of thiazole rings is 1. The molecule has 3 heterocycles. The van der Waals surface area contributed by atoms with Gasteiger partial charge in [-0.15, -0.1) is 0 Å². The summed E-state index contributed by atoms with van der Waals surface area (Å²) in [7, 11) is 1.50. The number of rotatable bonds is 8. The van der Waals surface area contributed by atoms with Crippen LogP contribution in [0.5, 0.6) is 0 Å². The van der Waals surface area contributed by atoms with Crippen LogP contribution in [0, 0.1) is 10.1 Å². The van der Waals surface area contributed by atoms with Gasteiger partial charge in [0, 0.05) is 24.3 Å². The van der Waals surface area contributed by atoms with Gasteiger partial charge in [-0.2, -0.15) is 0 Å². The number of nitrogens with zero attached hydrogens (tertiary/aromatic N) is 3. The Labute approximate surface area is 236 Å². The number of hydrogen-bond acceptors (Lipinski definition) is 9. The van der Waals surface area contributed by atoms with Crippen LogP contribution in [-0.2, 0) is 14.3 Å². The van der Waals surface area contributed by atoms with Crippen molar-refractivity contribution in [2.75, 3.05) is 20.3 Å². The molecule has 0 aliphatic carbocycles. The first-order valence-corrected chi connectivity index (χ1v) is 13.3. The van der Waals surface area contributed by atoms with Crippen LogP contribution in [0.25, 0.3) is 17.4 Å². The summed E-state index contributed by atoms with van der Waals surface area (Å²) in [5.74, 6) is -0.0162. The number of allylic oxidation sites excluding steroid dienone is 1. The van der Waals surface area contributed by atoms with E-state index in [9.17, 15) is 19.7 Å². The van der Waals surface area contributed by atoms with Crippen molar-refractivity contribution >= 4 is 40.7 Å². The van der Waals surface area contributed by atoms with Crippen LogP contribution >= 0.6 is 22.9 Å². The molecule has 0 radical (unpaired) electrons. The fourth-order valence-corrected chi connectivity index (χ4v) is 5.68. The molecule has 5 rings (SSSR count). The molecule has 0 amide bonds. The lowest BCUT2D eigenvalue weighted by atomic mass is 9.96. The van der Waals surface area contributed by atoms with E-state index in [1.54, 1.807) is 67.6 Å². The van der Waals surface area contributed by atoms with Crippen LogP contribution in [0.2, 0.25) is 5.02 Å². The molecule has 4 aromatic rings. The molecule has 1 aliphatic rings. The van der Waals surface area contributed by atoms with E-state index < -0.39 is 22.5 Å². The van der Waals surface area contributed by atoms with E-state index in [4.69, 9.17) is 25.5 Å². The van der Waals surface area contributed by atoms with Crippen molar-refractivity contribution in [2.24, 2.45) is 4.99 Å². The Morgan fingerprint density at radius 2 is 1.93 bits per heavy atom. The summed E-state index contributed by atoms with van der Waals surface area (Å²) in [4.78, 5) is 42.9. The van der Waals surface area contributed by atoms with E-state index in [1.807, 2.05) is 0 Å². The quantitative estimate of drug-likeness (QED) is 0.132. The van der Waals surface area contributed by atoms with Gasteiger partial charge in [-0.1, -0.05) is 53.3 Å². The van der Waals surface area contributed by atoms with Crippen LogP contribution in [-0.4, -0.2) is 35.8 Å². The number of benzene rings is 2. The summed E-state index contributed by atoms with van der Waals surface area (Å²) >= 11 is 7.67. The molecule has 0 fully saturated rings. The number of furan rings is 1. The predicted octanol–water partition coefficient (Wildman–Crippen LogP) is 4.25.